The van der Waals surface area contributed by atoms with Gasteiger partial charge in [0.15, 0.2) is 0 Å². The van der Waals surface area contributed by atoms with Crippen molar-refractivity contribution in [1.29, 1.82) is 0 Å². The summed E-state index contributed by atoms with van der Waals surface area (Å²) in [7, 11) is 0. The maximum absolute atomic E-state index is 14.0. The molecule has 1 saturated carbocycles. The van der Waals surface area contributed by atoms with E-state index in [4.69, 9.17) is 11.6 Å². The zero-order valence-electron chi connectivity index (χ0n) is 17.2. The molecule has 8 heteroatoms. The van der Waals surface area contributed by atoms with E-state index in [0.29, 0.717) is 16.7 Å². The minimum atomic E-state index is -4.61. The topological polar surface area (TPSA) is 38.1 Å². The van der Waals surface area contributed by atoms with Crippen molar-refractivity contribution in [2.24, 2.45) is 0 Å². The highest BCUT2D eigenvalue weighted by atomic mass is 35.5. The second-order valence-corrected chi connectivity index (χ2v) is 8.79. The van der Waals surface area contributed by atoms with E-state index in [1.54, 1.807) is 52.3 Å². The summed E-state index contributed by atoms with van der Waals surface area (Å²) >= 11 is 6.33. The average molecular weight is 460 g/mol. The number of hydrogen-bond donors (Lipinski definition) is 0. The van der Waals surface area contributed by atoms with Gasteiger partial charge in [-0.25, -0.2) is 4.68 Å². The third-order valence-corrected chi connectivity index (χ3v) is 6.83. The van der Waals surface area contributed by atoms with E-state index in [-0.39, 0.29) is 35.5 Å². The number of fused-ring (bicyclic) bond motifs is 1. The van der Waals surface area contributed by atoms with Gasteiger partial charge in [-0.1, -0.05) is 36.6 Å². The average Bonchev–Trinajstić information content (AvgIpc) is 3.50. The molecule has 2 aliphatic rings. The highest BCUT2D eigenvalue weighted by molar-refractivity contribution is 6.33. The summed E-state index contributed by atoms with van der Waals surface area (Å²) in [5.74, 6) is -0.210. The summed E-state index contributed by atoms with van der Waals surface area (Å²) < 4.78 is 43.8. The molecule has 1 fully saturated rings. The second kappa shape index (κ2) is 7.96. The van der Waals surface area contributed by atoms with Crippen LogP contribution in [0.15, 0.2) is 48.8 Å². The zero-order chi connectivity index (χ0) is 22.5. The molecular formula is C24H21ClF3N3O. The zero-order valence-corrected chi connectivity index (χ0v) is 18.0. The third kappa shape index (κ3) is 3.68. The summed E-state index contributed by atoms with van der Waals surface area (Å²) in [5.41, 5.74) is 1.29. The van der Waals surface area contributed by atoms with E-state index in [0.717, 1.165) is 31.4 Å². The van der Waals surface area contributed by atoms with Crippen LogP contribution in [0.1, 0.15) is 58.3 Å². The van der Waals surface area contributed by atoms with Crippen LogP contribution in [-0.2, 0) is 19.1 Å². The Morgan fingerprint density at radius 3 is 2.47 bits per heavy atom. The second-order valence-electron chi connectivity index (χ2n) is 8.41. The SMILES string of the molecule is O=C1c2cc(Cc3ccc(-n4cccn4)cc3)c(C(F)(F)F)c(Cl)c2CN1C1CCCC1. The molecule has 0 bridgehead atoms. The van der Waals surface area contributed by atoms with E-state index in [1.807, 2.05) is 0 Å². The first-order chi connectivity index (χ1) is 15.3. The molecule has 0 spiro atoms. The molecule has 1 aromatic heterocycles. The number of aromatic nitrogens is 2. The predicted molar refractivity (Wildman–Crippen MR) is 115 cm³/mol. The first-order valence-electron chi connectivity index (χ1n) is 10.6. The van der Waals surface area contributed by atoms with Crippen LogP contribution in [-0.4, -0.2) is 26.6 Å². The van der Waals surface area contributed by atoms with E-state index in [9.17, 15) is 18.0 Å². The number of rotatable bonds is 4. The highest BCUT2D eigenvalue weighted by Gasteiger charge is 2.42. The molecule has 4 nitrogen and oxygen atoms in total. The molecule has 32 heavy (non-hydrogen) atoms. The highest BCUT2D eigenvalue weighted by Crippen LogP contribution is 2.44. The Morgan fingerprint density at radius 1 is 1.12 bits per heavy atom. The van der Waals surface area contributed by atoms with Crippen LogP contribution in [0.4, 0.5) is 13.2 Å². The van der Waals surface area contributed by atoms with Crippen molar-refractivity contribution in [2.75, 3.05) is 0 Å². The normalized spacial score (nSPS) is 16.8. The van der Waals surface area contributed by atoms with Crippen molar-refractivity contribution in [1.82, 2.24) is 14.7 Å². The van der Waals surface area contributed by atoms with Crippen LogP contribution in [0.3, 0.4) is 0 Å². The molecule has 2 aromatic carbocycles. The number of carbonyl (C=O) groups is 1. The number of alkyl halides is 3. The molecule has 1 aliphatic heterocycles. The number of hydrogen-bond acceptors (Lipinski definition) is 2. The number of carbonyl (C=O) groups excluding carboxylic acids is 1. The molecule has 0 atom stereocenters. The fraction of sp³-hybridized carbons (Fsp3) is 0.333. The molecule has 0 unspecified atom stereocenters. The van der Waals surface area contributed by atoms with E-state index in [1.165, 1.54) is 6.07 Å². The largest absolute Gasteiger partial charge is 0.418 e. The quantitative estimate of drug-likeness (QED) is 0.477. The van der Waals surface area contributed by atoms with Gasteiger partial charge in [0.05, 0.1) is 16.3 Å². The standard InChI is InChI=1S/C24H21ClF3N3O/c25-22-20-14-30(17-4-1-2-5-17)23(32)19(20)13-16(21(22)24(26,27)28)12-15-6-8-18(9-7-15)31-11-3-10-29-31/h3,6-11,13,17H,1-2,4-5,12,14H2. The Bertz CT molecular complexity index is 1150. The van der Waals surface area contributed by atoms with Crippen molar-refractivity contribution in [3.63, 3.8) is 0 Å². The molecule has 1 aliphatic carbocycles. The Kier molecular flexibility index (Phi) is 5.24. The molecule has 0 N–H and O–H groups in total. The van der Waals surface area contributed by atoms with E-state index in [2.05, 4.69) is 5.10 Å². The summed E-state index contributed by atoms with van der Waals surface area (Å²) in [6.07, 6.45) is 2.70. The Morgan fingerprint density at radius 2 is 1.84 bits per heavy atom. The van der Waals surface area contributed by atoms with Gasteiger partial charge in [0.1, 0.15) is 0 Å². The van der Waals surface area contributed by atoms with Crippen LogP contribution < -0.4 is 0 Å². The molecule has 166 valence electrons. The third-order valence-electron chi connectivity index (χ3n) is 6.42. The lowest BCUT2D eigenvalue weighted by atomic mass is 9.94. The molecule has 5 rings (SSSR count). The lowest BCUT2D eigenvalue weighted by Crippen LogP contribution is -2.33. The van der Waals surface area contributed by atoms with Crippen LogP contribution in [0.2, 0.25) is 5.02 Å². The molecular weight excluding hydrogens is 439 g/mol. The van der Waals surface area contributed by atoms with E-state index < -0.39 is 11.7 Å². The summed E-state index contributed by atoms with van der Waals surface area (Å²) in [6, 6.07) is 10.4. The lowest BCUT2D eigenvalue weighted by Gasteiger charge is -2.23. The van der Waals surface area contributed by atoms with Crippen molar-refractivity contribution in [2.45, 2.75) is 50.9 Å². The summed E-state index contributed by atoms with van der Waals surface area (Å²) in [5, 5.41) is 3.81. The van der Waals surface area contributed by atoms with Crippen LogP contribution in [0.25, 0.3) is 5.69 Å². The maximum Gasteiger partial charge on any atom is 0.418 e. The fourth-order valence-electron chi connectivity index (χ4n) is 4.85. The van der Waals surface area contributed by atoms with Crippen LogP contribution in [0, 0.1) is 0 Å². The lowest BCUT2D eigenvalue weighted by molar-refractivity contribution is -0.138. The van der Waals surface area contributed by atoms with Crippen molar-refractivity contribution < 1.29 is 18.0 Å². The molecule has 2 heterocycles. The number of halogens is 4. The van der Waals surface area contributed by atoms with Gasteiger partial charge in [0.2, 0.25) is 0 Å². The molecule has 1 amide bonds. The van der Waals surface area contributed by atoms with Gasteiger partial charge >= 0.3 is 6.18 Å². The van der Waals surface area contributed by atoms with Gasteiger partial charge in [-0.2, -0.15) is 18.3 Å². The smallest absolute Gasteiger partial charge is 0.331 e. The van der Waals surface area contributed by atoms with Gasteiger partial charge in [-0.05, 0) is 54.7 Å². The van der Waals surface area contributed by atoms with Gasteiger partial charge in [0.25, 0.3) is 5.91 Å². The van der Waals surface area contributed by atoms with E-state index >= 15 is 0 Å². The maximum atomic E-state index is 14.0. The minimum Gasteiger partial charge on any atom is -0.331 e. The first-order valence-corrected chi connectivity index (χ1v) is 11.0. The number of nitrogens with zero attached hydrogens (tertiary/aromatic N) is 3. The van der Waals surface area contributed by atoms with Gasteiger partial charge in [-0.15, -0.1) is 0 Å². The predicted octanol–water partition coefficient (Wildman–Crippen LogP) is 6.03. The Hall–Kier alpha value is -2.80. The monoisotopic (exact) mass is 459 g/mol. The first kappa shape index (κ1) is 21.1. The molecule has 0 radical (unpaired) electrons. The minimum absolute atomic E-state index is 0.0229. The summed E-state index contributed by atoms with van der Waals surface area (Å²) in [4.78, 5) is 14.8. The molecule has 0 saturated heterocycles. The van der Waals surface area contributed by atoms with Gasteiger partial charge in [-0.3, -0.25) is 4.79 Å². The number of benzene rings is 2. The Labute approximate surface area is 188 Å². The van der Waals surface area contributed by atoms with Crippen LogP contribution >= 0.6 is 11.6 Å². The van der Waals surface area contributed by atoms with Crippen LogP contribution in [0.5, 0.6) is 0 Å². The molecule has 3 aromatic rings. The van der Waals surface area contributed by atoms with Gasteiger partial charge < -0.3 is 4.90 Å². The number of amides is 1. The van der Waals surface area contributed by atoms with Gasteiger partial charge in [0, 0.05) is 36.1 Å². The summed E-state index contributed by atoms with van der Waals surface area (Å²) in [6.45, 7) is 0.152. The Balaban J connectivity index is 1.51. The van der Waals surface area contributed by atoms with Crippen molar-refractivity contribution in [3.8, 4) is 5.69 Å². The fourth-order valence-corrected chi connectivity index (χ4v) is 5.24. The van der Waals surface area contributed by atoms with Crippen molar-refractivity contribution in [3.05, 3.63) is 81.6 Å². The van der Waals surface area contributed by atoms with Crippen molar-refractivity contribution >= 4 is 17.5 Å².